The van der Waals surface area contributed by atoms with Crippen LogP contribution in [0.25, 0.3) is 0 Å². The van der Waals surface area contributed by atoms with Crippen molar-refractivity contribution in [2.75, 3.05) is 19.6 Å². The molecule has 0 aliphatic carbocycles. The summed E-state index contributed by atoms with van der Waals surface area (Å²) in [6.07, 6.45) is 2.84. The first-order chi connectivity index (χ1) is 7.08. The van der Waals surface area contributed by atoms with Gasteiger partial charge in [0.25, 0.3) is 0 Å². The van der Waals surface area contributed by atoms with E-state index in [1.165, 1.54) is 0 Å². The van der Waals surface area contributed by atoms with E-state index in [0.29, 0.717) is 11.0 Å². The zero-order valence-corrected chi connectivity index (χ0v) is 9.98. The fourth-order valence-electron chi connectivity index (χ4n) is 1.86. The number of piperidine rings is 1. The molecule has 1 amide bonds. The second kappa shape index (κ2) is 6.02. The molecule has 1 aliphatic rings. The zero-order chi connectivity index (χ0) is 11.3. The maximum Gasteiger partial charge on any atom is 0.217 e. The molecule has 1 fully saturated rings. The van der Waals surface area contributed by atoms with Crippen molar-refractivity contribution >= 4 is 23.1 Å². The summed E-state index contributed by atoms with van der Waals surface area (Å²) in [5.74, 6) is 0.0663. The van der Waals surface area contributed by atoms with Gasteiger partial charge in [0, 0.05) is 39.0 Å². The largest absolute Gasteiger partial charge is 0.393 e. The summed E-state index contributed by atoms with van der Waals surface area (Å²) in [5.41, 5.74) is 5.45. The number of hydrogen-bond donors (Lipinski definition) is 2. The molecular weight excluding hydrogens is 210 g/mol. The lowest BCUT2D eigenvalue weighted by atomic mass is 10.0. The van der Waals surface area contributed by atoms with Crippen molar-refractivity contribution in [3.8, 4) is 0 Å². The lowest BCUT2D eigenvalue weighted by molar-refractivity contribution is -0.119. The molecule has 4 nitrogen and oxygen atoms in total. The van der Waals surface area contributed by atoms with Crippen molar-refractivity contribution in [3.05, 3.63) is 0 Å². The van der Waals surface area contributed by atoms with E-state index in [0.717, 1.165) is 38.9 Å². The fourth-order valence-corrected chi connectivity index (χ4v) is 1.95. The van der Waals surface area contributed by atoms with E-state index >= 15 is 0 Å². The lowest BCUT2D eigenvalue weighted by Crippen LogP contribution is -2.44. The van der Waals surface area contributed by atoms with Gasteiger partial charge in [0.15, 0.2) is 0 Å². The van der Waals surface area contributed by atoms with E-state index in [9.17, 15) is 4.79 Å². The Morgan fingerprint density at radius 3 is 2.60 bits per heavy atom. The van der Waals surface area contributed by atoms with Crippen molar-refractivity contribution in [2.24, 2.45) is 5.73 Å². The highest BCUT2D eigenvalue weighted by atomic mass is 32.1. The first-order valence-corrected chi connectivity index (χ1v) is 5.76. The van der Waals surface area contributed by atoms with Crippen LogP contribution in [0.5, 0.6) is 0 Å². The summed E-state index contributed by atoms with van der Waals surface area (Å²) < 4.78 is 0. The van der Waals surface area contributed by atoms with Crippen LogP contribution in [0.2, 0.25) is 0 Å². The Morgan fingerprint density at radius 1 is 1.53 bits per heavy atom. The molecule has 0 aromatic rings. The number of carbonyl (C=O) groups is 1. The molecule has 1 aliphatic heterocycles. The van der Waals surface area contributed by atoms with Crippen LogP contribution >= 0.6 is 12.2 Å². The van der Waals surface area contributed by atoms with Gasteiger partial charge in [-0.05, 0) is 12.8 Å². The van der Waals surface area contributed by atoms with Crippen LogP contribution in [-0.4, -0.2) is 41.5 Å². The number of likely N-dealkylation sites (tertiary alicyclic amines) is 1. The Bertz CT molecular complexity index is 237. The first kappa shape index (κ1) is 12.4. The predicted octanol–water partition coefficient (Wildman–Crippen LogP) is 0.263. The van der Waals surface area contributed by atoms with E-state index in [2.05, 4.69) is 10.2 Å². The van der Waals surface area contributed by atoms with Crippen molar-refractivity contribution in [1.82, 2.24) is 10.2 Å². The molecule has 0 unspecified atom stereocenters. The second-order valence-corrected chi connectivity index (χ2v) is 4.56. The molecule has 3 N–H and O–H groups in total. The third-order valence-electron chi connectivity index (χ3n) is 2.67. The standard InChI is InChI=1S/C10H19N3OS/c1-8(14)12-9-2-5-13(6-3-9)7-4-10(11)15/h9H,2-7H2,1H3,(H2,11,15)(H,12,14). The van der Waals surface area contributed by atoms with Gasteiger partial charge in [0.1, 0.15) is 0 Å². The van der Waals surface area contributed by atoms with Crippen LogP contribution in [0, 0.1) is 0 Å². The average Bonchev–Trinajstić information content (AvgIpc) is 2.16. The number of nitrogens with two attached hydrogens (primary N) is 1. The highest BCUT2D eigenvalue weighted by Crippen LogP contribution is 2.10. The quantitative estimate of drug-likeness (QED) is 0.679. The molecule has 15 heavy (non-hydrogen) atoms. The Morgan fingerprint density at radius 2 is 2.13 bits per heavy atom. The van der Waals surface area contributed by atoms with E-state index < -0.39 is 0 Å². The third-order valence-corrected chi connectivity index (χ3v) is 2.87. The van der Waals surface area contributed by atoms with Crippen molar-refractivity contribution < 1.29 is 4.79 Å². The highest BCUT2D eigenvalue weighted by molar-refractivity contribution is 7.80. The fraction of sp³-hybridized carbons (Fsp3) is 0.800. The number of hydrogen-bond acceptors (Lipinski definition) is 3. The second-order valence-electron chi connectivity index (χ2n) is 4.03. The van der Waals surface area contributed by atoms with Crippen LogP contribution in [0.3, 0.4) is 0 Å². The summed E-state index contributed by atoms with van der Waals surface area (Å²) in [4.78, 5) is 13.8. The Hall–Kier alpha value is -0.680. The van der Waals surface area contributed by atoms with Gasteiger partial charge in [0.2, 0.25) is 5.91 Å². The van der Waals surface area contributed by atoms with Crippen LogP contribution < -0.4 is 11.1 Å². The van der Waals surface area contributed by atoms with Crippen LogP contribution in [0.15, 0.2) is 0 Å². The number of thiocarbonyl (C=S) groups is 1. The number of amides is 1. The number of rotatable bonds is 4. The van der Waals surface area contributed by atoms with Gasteiger partial charge in [-0.1, -0.05) is 12.2 Å². The minimum absolute atomic E-state index is 0.0663. The molecule has 0 aromatic heterocycles. The molecule has 1 saturated heterocycles. The van der Waals surface area contributed by atoms with Gasteiger partial charge in [-0.3, -0.25) is 4.79 Å². The summed E-state index contributed by atoms with van der Waals surface area (Å²) in [6.45, 7) is 4.56. The van der Waals surface area contributed by atoms with Gasteiger partial charge in [-0.2, -0.15) is 0 Å². The maximum atomic E-state index is 10.9. The van der Waals surface area contributed by atoms with Gasteiger partial charge in [-0.15, -0.1) is 0 Å². The molecule has 0 spiro atoms. The molecular formula is C10H19N3OS. The van der Waals surface area contributed by atoms with Crippen molar-refractivity contribution in [3.63, 3.8) is 0 Å². The molecule has 0 bridgehead atoms. The summed E-state index contributed by atoms with van der Waals surface area (Å²) >= 11 is 4.84. The molecule has 0 radical (unpaired) electrons. The molecule has 0 aromatic carbocycles. The predicted molar refractivity (Wildman–Crippen MR) is 64.7 cm³/mol. The Labute approximate surface area is 96.2 Å². The van der Waals surface area contributed by atoms with Crippen LogP contribution in [-0.2, 0) is 4.79 Å². The van der Waals surface area contributed by atoms with Gasteiger partial charge in [0.05, 0.1) is 4.99 Å². The van der Waals surface area contributed by atoms with Gasteiger partial charge >= 0.3 is 0 Å². The summed E-state index contributed by atoms with van der Waals surface area (Å²) in [5, 5.41) is 2.95. The van der Waals surface area contributed by atoms with Gasteiger partial charge < -0.3 is 16.0 Å². The Kier molecular flexibility index (Phi) is 4.98. The monoisotopic (exact) mass is 229 g/mol. The minimum Gasteiger partial charge on any atom is -0.393 e. The Balaban J connectivity index is 2.18. The molecule has 0 saturated carbocycles. The van der Waals surface area contributed by atoms with E-state index in [1.807, 2.05) is 0 Å². The summed E-state index contributed by atoms with van der Waals surface area (Å²) in [6, 6.07) is 0.351. The number of carbonyl (C=O) groups excluding carboxylic acids is 1. The molecule has 0 atom stereocenters. The van der Waals surface area contributed by atoms with E-state index in [1.54, 1.807) is 6.92 Å². The smallest absolute Gasteiger partial charge is 0.217 e. The van der Waals surface area contributed by atoms with E-state index in [4.69, 9.17) is 18.0 Å². The van der Waals surface area contributed by atoms with Crippen LogP contribution in [0.4, 0.5) is 0 Å². The maximum absolute atomic E-state index is 10.9. The number of nitrogens with one attached hydrogen (secondary N) is 1. The SMILES string of the molecule is CC(=O)NC1CCN(CCC(N)=S)CC1. The van der Waals surface area contributed by atoms with Gasteiger partial charge in [-0.25, -0.2) is 0 Å². The third kappa shape index (κ3) is 5.09. The number of nitrogens with zero attached hydrogens (tertiary/aromatic N) is 1. The molecule has 1 rings (SSSR count). The molecule has 1 heterocycles. The molecule has 5 heteroatoms. The zero-order valence-electron chi connectivity index (χ0n) is 9.16. The highest BCUT2D eigenvalue weighted by Gasteiger charge is 2.19. The lowest BCUT2D eigenvalue weighted by Gasteiger charge is -2.31. The van der Waals surface area contributed by atoms with Crippen molar-refractivity contribution in [1.29, 1.82) is 0 Å². The topological polar surface area (TPSA) is 58.4 Å². The van der Waals surface area contributed by atoms with E-state index in [-0.39, 0.29) is 5.91 Å². The summed E-state index contributed by atoms with van der Waals surface area (Å²) in [7, 11) is 0. The van der Waals surface area contributed by atoms with Crippen molar-refractivity contribution in [2.45, 2.75) is 32.2 Å². The first-order valence-electron chi connectivity index (χ1n) is 5.35. The normalized spacial score (nSPS) is 18.7. The minimum atomic E-state index is 0.0663. The molecule has 86 valence electrons. The van der Waals surface area contributed by atoms with Crippen LogP contribution in [0.1, 0.15) is 26.2 Å². The average molecular weight is 229 g/mol.